The van der Waals surface area contributed by atoms with Crippen LogP contribution in [0, 0.1) is 17.1 Å². The fourth-order valence-corrected chi connectivity index (χ4v) is 3.37. The number of nitrogen functional groups attached to an aromatic ring is 1. The molecule has 3 aromatic carbocycles. The number of nitrogens with zero attached hydrogens (tertiary/aromatic N) is 2. The summed E-state index contributed by atoms with van der Waals surface area (Å²) in [7, 11) is 0. The molecule has 2 N–H and O–H groups in total. The van der Waals surface area contributed by atoms with Gasteiger partial charge < -0.3 is 10.5 Å². The van der Waals surface area contributed by atoms with E-state index < -0.39 is 5.82 Å². The molecule has 0 spiro atoms. The van der Waals surface area contributed by atoms with Crippen LogP contribution in [0.25, 0.3) is 22.4 Å². The van der Waals surface area contributed by atoms with E-state index in [1.54, 1.807) is 24.3 Å². The molecule has 4 nitrogen and oxygen atoms in total. The maximum Gasteiger partial charge on any atom is 0.142 e. The number of ether oxygens (including phenoxy) is 1. The summed E-state index contributed by atoms with van der Waals surface area (Å²) in [5.74, 6) is 0.850. The largest absolute Gasteiger partial charge is 0.457 e. The third-order valence-corrected chi connectivity index (χ3v) is 4.84. The molecule has 0 bridgehead atoms. The van der Waals surface area contributed by atoms with Crippen molar-refractivity contribution in [2.24, 2.45) is 0 Å². The first kappa shape index (κ1) is 19.4. The highest BCUT2D eigenvalue weighted by Gasteiger charge is 2.18. The van der Waals surface area contributed by atoms with E-state index in [9.17, 15) is 9.65 Å². The molecule has 0 aliphatic rings. The lowest BCUT2D eigenvalue weighted by molar-refractivity contribution is 0.483. The lowest BCUT2D eigenvalue weighted by Gasteiger charge is -2.12. The molecule has 146 valence electrons. The van der Waals surface area contributed by atoms with Crippen molar-refractivity contribution in [1.29, 1.82) is 5.26 Å². The number of benzene rings is 3. The van der Waals surface area contributed by atoms with E-state index in [4.69, 9.17) is 22.1 Å². The number of anilines is 1. The summed E-state index contributed by atoms with van der Waals surface area (Å²) in [6.45, 7) is 0. The van der Waals surface area contributed by atoms with E-state index in [0.29, 0.717) is 17.0 Å². The van der Waals surface area contributed by atoms with E-state index in [-0.39, 0.29) is 22.0 Å². The second-order valence-electron chi connectivity index (χ2n) is 6.46. The molecule has 1 heterocycles. The molecule has 0 fully saturated rings. The average Bonchev–Trinajstić information content (AvgIpc) is 2.75. The summed E-state index contributed by atoms with van der Waals surface area (Å²) < 4.78 is 20.3. The Balaban J connectivity index is 1.75. The quantitative estimate of drug-likeness (QED) is 0.415. The van der Waals surface area contributed by atoms with Gasteiger partial charge in [0.1, 0.15) is 34.8 Å². The van der Waals surface area contributed by atoms with Gasteiger partial charge in [-0.3, -0.25) is 0 Å². The Labute approximate surface area is 178 Å². The molecule has 0 saturated heterocycles. The highest BCUT2D eigenvalue weighted by atomic mass is 35.5. The Morgan fingerprint density at radius 1 is 0.933 bits per heavy atom. The molecule has 0 atom stereocenters. The van der Waals surface area contributed by atoms with Crippen LogP contribution in [-0.2, 0) is 0 Å². The van der Waals surface area contributed by atoms with Crippen molar-refractivity contribution in [3.63, 3.8) is 0 Å². The predicted octanol–water partition coefficient (Wildman–Crippen LogP) is 6.45. The van der Waals surface area contributed by atoms with Gasteiger partial charge in [-0.05, 0) is 54.6 Å². The molecule has 0 radical (unpaired) electrons. The molecule has 0 aliphatic carbocycles. The van der Waals surface area contributed by atoms with Crippen molar-refractivity contribution >= 4 is 17.4 Å². The summed E-state index contributed by atoms with van der Waals surface area (Å²) in [5, 5.41) is 9.72. The zero-order valence-electron chi connectivity index (χ0n) is 15.6. The average molecular weight is 416 g/mol. The summed E-state index contributed by atoms with van der Waals surface area (Å²) in [4.78, 5) is 4.32. The number of nitrogens with two attached hydrogens (primary N) is 1. The van der Waals surface area contributed by atoms with Crippen LogP contribution in [0.2, 0.25) is 5.02 Å². The van der Waals surface area contributed by atoms with Crippen LogP contribution in [0.1, 0.15) is 5.56 Å². The minimum absolute atomic E-state index is 0.00827. The third kappa shape index (κ3) is 3.82. The molecular weight excluding hydrogens is 401 g/mol. The Morgan fingerprint density at radius 2 is 1.63 bits per heavy atom. The number of hydrogen-bond donors (Lipinski definition) is 1. The number of halogens is 2. The van der Waals surface area contributed by atoms with Gasteiger partial charge in [0.05, 0.1) is 10.7 Å². The number of para-hydroxylation sites is 1. The maximum absolute atomic E-state index is 14.5. The van der Waals surface area contributed by atoms with Gasteiger partial charge in [0, 0.05) is 16.7 Å². The van der Waals surface area contributed by atoms with Gasteiger partial charge in [0.2, 0.25) is 0 Å². The van der Waals surface area contributed by atoms with E-state index in [1.807, 2.05) is 48.5 Å². The van der Waals surface area contributed by atoms with Crippen molar-refractivity contribution in [1.82, 2.24) is 4.98 Å². The number of rotatable bonds is 4. The van der Waals surface area contributed by atoms with Crippen LogP contribution in [0.5, 0.6) is 11.5 Å². The molecular formula is C24H15ClFN3O. The highest BCUT2D eigenvalue weighted by Crippen LogP contribution is 2.37. The molecule has 0 amide bonds. The van der Waals surface area contributed by atoms with Crippen molar-refractivity contribution < 1.29 is 9.13 Å². The van der Waals surface area contributed by atoms with Crippen LogP contribution < -0.4 is 10.5 Å². The number of hydrogen-bond acceptors (Lipinski definition) is 4. The molecule has 1 aromatic heterocycles. The molecule has 0 unspecified atom stereocenters. The van der Waals surface area contributed by atoms with Crippen LogP contribution in [-0.4, -0.2) is 4.98 Å². The van der Waals surface area contributed by atoms with E-state index >= 15 is 0 Å². The van der Waals surface area contributed by atoms with E-state index in [1.165, 1.54) is 12.1 Å². The number of aromatic nitrogens is 1. The normalized spacial score (nSPS) is 10.4. The van der Waals surface area contributed by atoms with Gasteiger partial charge in [-0.1, -0.05) is 35.9 Å². The van der Waals surface area contributed by atoms with Crippen molar-refractivity contribution in [3.8, 4) is 40.0 Å². The standard InChI is InChI=1S/C24H15ClFN3O/c25-20-7-4-8-21(26)23(20)18-13-22(29-24(28)19(18)14-27)15-9-11-17(12-10-15)30-16-5-2-1-3-6-16/h1-13H,(H2,28,29). The second kappa shape index (κ2) is 8.24. The smallest absolute Gasteiger partial charge is 0.142 e. The molecule has 30 heavy (non-hydrogen) atoms. The van der Waals surface area contributed by atoms with Gasteiger partial charge in [-0.25, -0.2) is 9.37 Å². The van der Waals surface area contributed by atoms with Crippen molar-refractivity contribution in [3.05, 3.63) is 95.3 Å². The van der Waals surface area contributed by atoms with Crippen LogP contribution in [0.4, 0.5) is 10.2 Å². The Kier molecular flexibility index (Phi) is 5.34. The minimum atomic E-state index is -0.540. The molecule has 0 aliphatic heterocycles. The monoisotopic (exact) mass is 415 g/mol. The predicted molar refractivity (Wildman–Crippen MR) is 116 cm³/mol. The summed E-state index contributed by atoms with van der Waals surface area (Å²) >= 11 is 6.21. The first-order valence-corrected chi connectivity index (χ1v) is 9.43. The molecule has 4 aromatic rings. The molecule has 4 rings (SSSR count). The van der Waals surface area contributed by atoms with Gasteiger partial charge in [0.15, 0.2) is 0 Å². The SMILES string of the molecule is N#Cc1c(-c2c(F)cccc2Cl)cc(-c2ccc(Oc3ccccc3)cc2)nc1N. The first-order chi connectivity index (χ1) is 14.6. The van der Waals surface area contributed by atoms with Crippen molar-refractivity contribution in [2.75, 3.05) is 5.73 Å². The highest BCUT2D eigenvalue weighted by molar-refractivity contribution is 6.33. The first-order valence-electron chi connectivity index (χ1n) is 9.05. The van der Waals surface area contributed by atoms with E-state index in [2.05, 4.69) is 4.98 Å². The molecule has 0 saturated carbocycles. The van der Waals surface area contributed by atoms with Gasteiger partial charge in [-0.2, -0.15) is 5.26 Å². The lowest BCUT2D eigenvalue weighted by atomic mass is 9.98. The number of nitriles is 1. The number of pyridine rings is 1. The topological polar surface area (TPSA) is 71.9 Å². The minimum Gasteiger partial charge on any atom is -0.457 e. The Hall–Kier alpha value is -3.88. The van der Waals surface area contributed by atoms with Crippen LogP contribution in [0.15, 0.2) is 78.9 Å². The van der Waals surface area contributed by atoms with E-state index in [0.717, 1.165) is 11.3 Å². The maximum atomic E-state index is 14.5. The van der Waals surface area contributed by atoms with Crippen LogP contribution >= 0.6 is 11.6 Å². The second-order valence-corrected chi connectivity index (χ2v) is 6.87. The third-order valence-electron chi connectivity index (χ3n) is 4.52. The fourth-order valence-electron chi connectivity index (χ4n) is 3.10. The zero-order valence-corrected chi connectivity index (χ0v) is 16.4. The summed E-state index contributed by atoms with van der Waals surface area (Å²) in [6.07, 6.45) is 0. The Bertz CT molecular complexity index is 1230. The van der Waals surface area contributed by atoms with Gasteiger partial charge in [0.25, 0.3) is 0 Å². The Morgan fingerprint density at radius 3 is 2.30 bits per heavy atom. The lowest BCUT2D eigenvalue weighted by Crippen LogP contribution is -2.01. The zero-order chi connectivity index (χ0) is 21.1. The summed E-state index contributed by atoms with van der Waals surface area (Å²) in [5.41, 5.74) is 7.74. The fraction of sp³-hybridized carbons (Fsp3) is 0. The van der Waals surface area contributed by atoms with Gasteiger partial charge >= 0.3 is 0 Å². The van der Waals surface area contributed by atoms with Crippen LogP contribution in [0.3, 0.4) is 0 Å². The summed E-state index contributed by atoms with van der Waals surface area (Å²) in [6, 6.07) is 24.6. The van der Waals surface area contributed by atoms with Gasteiger partial charge in [-0.15, -0.1) is 0 Å². The van der Waals surface area contributed by atoms with Crippen molar-refractivity contribution in [2.45, 2.75) is 0 Å². The molecule has 6 heteroatoms.